The Hall–Kier alpha value is -1.75. The van der Waals surface area contributed by atoms with Crippen molar-refractivity contribution < 1.29 is 9.53 Å². The topological polar surface area (TPSA) is 53.6 Å². The molecule has 2 amide bonds. The molecule has 0 radical (unpaired) electrons. The van der Waals surface area contributed by atoms with Gasteiger partial charge in [-0.25, -0.2) is 4.79 Å². The highest BCUT2D eigenvalue weighted by atomic mass is 16.5. The van der Waals surface area contributed by atoms with E-state index in [-0.39, 0.29) is 12.1 Å². The number of urea groups is 1. The highest BCUT2D eigenvalue weighted by Crippen LogP contribution is 2.26. The van der Waals surface area contributed by atoms with E-state index < -0.39 is 0 Å². The number of hydrogen-bond donors (Lipinski definition) is 2. The van der Waals surface area contributed by atoms with E-state index in [0.717, 1.165) is 24.3 Å². The smallest absolute Gasteiger partial charge is 0.316 e. The zero-order valence-corrected chi connectivity index (χ0v) is 12.8. The second-order valence-electron chi connectivity index (χ2n) is 4.78. The third-order valence-electron chi connectivity index (χ3n) is 3.12. The molecule has 1 unspecified atom stereocenters. The van der Waals surface area contributed by atoms with Crippen LogP contribution in [-0.2, 0) is 0 Å². The van der Waals surface area contributed by atoms with Crippen LogP contribution in [0.4, 0.5) is 4.79 Å². The van der Waals surface area contributed by atoms with Crippen LogP contribution in [0.15, 0.2) is 24.3 Å². The summed E-state index contributed by atoms with van der Waals surface area (Å²) in [6.45, 7) is 3.45. The predicted molar refractivity (Wildman–Crippen MR) is 81.1 cm³/mol. The standard InChI is InChI=1S/C15H25N3O2/c1-5-13(12-8-6-7-9-14(12)20-4)16-10-11-17-15(19)18(2)3/h6-9,13,16H,5,10-11H2,1-4H3,(H,17,19). The van der Waals surface area contributed by atoms with E-state index in [4.69, 9.17) is 4.74 Å². The van der Waals surface area contributed by atoms with Crippen molar-refractivity contribution in [1.82, 2.24) is 15.5 Å². The van der Waals surface area contributed by atoms with Gasteiger partial charge in [0.2, 0.25) is 0 Å². The quantitative estimate of drug-likeness (QED) is 0.751. The summed E-state index contributed by atoms with van der Waals surface area (Å²) >= 11 is 0. The second-order valence-corrected chi connectivity index (χ2v) is 4.78. The fourth-order valence-electron chi connectivity index (χ4n) is 2.00. The van der Waals surface area contributed by atoms with E-state index in [1.54, 1.807) is 21.2 Å². The van der Waals surface area contributed by atoms with Gasteiger partial charge in [0, 0.05) is 38.8 Å². The van der Waals surface area contributed by atoms with Gasteiger partial charge in [0.05, 0.1) is 7.11 Å². The number of benzene rings is 1. The minimum absolute atomic E-state index is 0.0721. The van der Waals surface area contributed by atoms with Crippen molar-refractivity contribution in [3.8, 4) is 5.75 Å². The zero-order valence-electron chi connectivity index (χ0n) is 12.8. The third kappa shape index (κ3) is 4.74. The molecule has 0 spiro atoms. The average molecular weight is 279 g/mol. The SMILES string of the molecule is CCC(NCCNC(=O)N(C)C)c1ccccc1OC. The van der Waals surface area contributed by atoms with Crippen molar-refractivity contribution in [3.63, 3.8) is 0 Å². The molecular weight excluding hydrogens is 254 g/mol. The molecule has 1 atom stereocenters. The van der Waals surface area contributed by atoms with Crippen molar-refractivity contribution in [2.75, 3.05) is 34.3 Å². The lowest BCUT2D eigenvalue weighted by molar-refractivity contribution is 0.217. The highest BCUT2D eigenvalue weighted by Gasteiger charge is 2.13. The Labute approximate surface area is 121 Å². The van der Waals surface area contributed by atoms with E-state index in [1.165, 1.54) is 4.90 Å². The Kier molecular flexibility index (Phi) is 6.87. The predicted octanol–water partition coefficient (Wildman–Crippen LogP) is 2.01. The third-order valence-corrected chi connectivity index (χ3v) is 3.12. The maximum Gasteiger partial charge on any atom is 0.316 e. The molecule has 0 fully saturated rings. The highest BCUT2D eigenvalue weighted by molar-refractivity contribution is 5.73. The molecule has 2 N–H and O–H groups in total. The first-order valence-corrected chi connectivity index (χ1v) is 6.91. The number of methoxy groups -OCH3 is 1. The van der Waals surface area contributed by atoms with Crippen LogP contribution >= 0.6 is 0 Å². The molecular formula is C15H25N3O2. The van der Waals surface area contributed by atoms with Crippen LogP contribution in [0.25, 0.3) is 0 Å². The number of nitrogens with zero attached hydrogens (tertiary/aromatic N) is 1. The first kappa shape index (κ1) is 16.3. The molecule has 5 heteroatoms. The minimum atomic E-state index is -0.0721. The van der Waals surface area contributed by atoms with Crippen molar-refractivity contribution in [2.24, 2.45) is 0 Å². The Bertz CT molecular complexity index is 421. The molecule has 1 rings (SSSR count). The van der Waals surface area contributed by atoms with Crippen LogP contribution in [0.5, 0.6) is 5.75 Å². The van der Waals surface area contributed by atoms with E-state index in [2.05, 4.69) is 23.6 Å². The van der Waals surface area contributed by atoms with Gasteiger partial charge in [0.25, 0.3) is 0 Å². The second kappa shape index (κ2) is 8.43. The van der Waals surface area contributed by atoms with Crippen LogP contribution in [0.3, 0.4) is 0 Å². The van der Waals surface area contributed by atoms with Gasteiger partial charge in [0.1, 0.15) is 5.75 Å². The lowest BCUT2D eigenvalue weighted by Gasteiger charge is -2.20. The maximum absolute atomic E-state index is 11.4. The van der Waals surface area contributed by atoms with Crippen molar-refractivity contribution >= 4 is 6.03 Å². The normalized spacial score (nSPS) is 11.8. The van der Waals surface area contributed by atoms with Gasteiger partial charge in [-0.3, -0.25) is 0 Å². The molecule has 5 nitrogen and oxygen atoms in total. The molecule has 20 heavy (non-hydrogen) atoms. The van der Waals surface area contributed by atoms with Crippen LogP contribution in [-0.4, -0.2) is 45.2 Å². The molecule has 0 aliphatic rings. The monoisotopic (exact) mass is 279 g/mol. The summed E-state index contributed by atoms with van der Waals surface area (Å²) in [5.41, 5.74) is 1.15. The number of carbonyl (C=O) groups is 1. The van der Waals surface area contributed by atoms with E-state index in [0.29, 0.717) is 6.54 Å². The lowest BCUT2D eigenvalue weighted by atomic mass is 10.0. The summed E-state index contributed by atoms with van der Waals surface area (Å²) in [6.07, 6.45) is 0.960. The largest absolute Gasteiger partial charge is 0.496 e. The number of hydrogen-bond acceptors (Lipinski definition) is 3. The first-order valence-electron chi connectivity index (χ1n) is 6.91. The number of carbonyl (C=O) groups excluding carboxylic acids is 1. The summed E-state index contributed by atoms with van der Waals surface area (Å²) in [6, 6.07) is 8.16. The summed E-state index contributed by atoms with van der Waals surface area (Å²) in [5.74, 6) is 0.893. The molecule has 0 aromatic heterocycles. The van der Waals surface area contributed by atoms with Gasteiger partial charge in [-0.1, -0.05) is 25.1 Å². The van der Waals surface area contributed by atoms with Gasteiger partial charge >= 0.3 is 6.03 Å². The average Bonchev–Trinajstić information content (AvgIpc) is 2.47. The number of amides is 2. The molecule has 0 saturated heterocycles. The van der Waals surface area contributed by atoms with Gasteiger partial charge < -0.3 is 20.3 Å². The Morgan fingerprint density at radius 3 is 2.60 bits per heavy atom. The molecule has 0 aliphatic heterocycles. The van der Waals surface area contributed by atoms with E-state index in [9.17, 15) is 4.79 Å². The number of ether oxygens (including phenoxy) is 1. The summed E-state index contributed by atoms with van der Waals surface area (Å²) in [7, 11) is 5.14. The summed E-state index contributed by atoms with van der Waals surface area (Å²) in [5, 5.41) is 6.28. The summed E-state index contributed by atoms with van der Waals surface area (Å²) in [4.78, 5) is 12.9. The Morgan fingerprint density at radius 2 is 2.00 bits per heavy atom. The molecule has 1 aromatic rings. The fourth-order valence-corrected chi connectivity index (χ4v) is 2.00. The number of para-hydroxylation sites is 1. The number of rotatable bonds is 7. The molecule has 0 bridgehead atoms. The van der Waals surface area contributed by atoms with Crippen molar-refractivity contribution in [2.45, 2.75) is 19.4 Å². The van der Waals surface area contributed by atoms with E-state index >= 15 is 0 Å². The minimum Gasteiger partial charge on any atom is -0.496 e. The van der Waals surface area contributed by atoms with Crippen LogP contribution in [0.1, 0.15) is 24.9 Å². The van der Waals surface area contributed by atoms with Crippen molar-refractivity contribution in [1.29, 1.82) is 0 Å². The maximum atomic E-state index is 11.4. The Balaban J connectivity index is 2.49. The molecule has 112 valence electrons. The van der Waals surface area contributed by atoms with Gasteiger partial charge in [0.15, 0.2) is 0 Å². The number of nitrogens with one attached hydrogen (secondary N) is 2. The molecule has 0 aliphatic carbocycles. The van der Waals surface area contributed by atoms with Gasteiger partial charge in [-0.05, 0) is 12.5 Å². The molecule has 1 aromatic carbocycles. The molecule has 0 heterocycles. The van der Waals surface area contributed by atoms with Crippen LogP contribution in [0.2, 0.25) is 0 Å². The van der Waals surface area contributed by atoms with Gasteiger partial charge in [-0.2, -0.15) is 0 Å². The van der Waals surface area contributed by atoms with Crippen LogP contribution < -0.4 is 15.4 Å². The first-order chi connectivity index (χ1) is 9.60. The zero-order chi connectivity index (χ0) is 15.0. The van der Waals surface area contributed by atoms with Gasteiger partial charge in [-0.15, -0.1) is 0 Å². The molecule has 0 saturated carbocycles. The van der Waals surface area contributed by atoms with Crippen LogP contribution in [0, 0.1) is 0 Å². The fraction of sp³-hybridized carbons (Fsp3) is 0.533. The van der Waals surface area contributed by atoms with E-state index in [1.807, 2.05) is 18.2 Å². The summed E-state index contributed by atoms with van der Waals surface area (Å²) < 4.78 is 5.39. The van der Waals surface area contributed by atoms with Crippen molar-refractivity contribution in [3.05, 3.63) is 29.8 Å². The lowest BCUT2D eigenvalue weighted by Crippen LogP contribution is -2.39. The Morgan fingerprint density at radius 1 is 1.30 bits per heavy atom.